The Morgan fingerprint density at radius 1 is 1.19 bits per heavy atom. The molecule has 2 aromatic carbocycles. The quantitative estimate of drug-likeness (QED) is 0.661. The van der Waals surface area contributed by atoms with Crippen molar-refractivity contribution in [1.82, 2.24) is 5.32 Å². The van der Waals surface area contributed by atoms with Crippen molar-refractivity contribution < 1.29 is 4.39 Å². The molecule has 1 nitrogen and oxygen atoms in total. The Hall–Kier alpha value is -0.610. The molecule has 0 amide bonds. The summed E-state index contributed by atoms with van der Waals surface area (Å²) in [7, 11) is 0. The Bertz CT molecular complexity index is 634. The molecule has 2 rings (SSSR count). The third-order valence-electron chi connectivity index (χ3n) is 3.15. The second kappa shape index (κ2) is 7.59. The van der Waals surface area contributed by atoms with Crippen LogP contribution in [-0.2, 0) is 0 Å². The largest absolute Gasteiger partial charge is 0.306 e. The van der Waals surface area contributed by atoms with Crippen LogP contribution in [0.25, 0.3) is 0 Å². The first-order valence-electron chi connectivity index (χ1n) is 6.66. The van der Waals surface area contributed by atoms with E-state index in [1.54, 1.807) is 18.2 Å². The van der Waals surface area contributed by atoms with Gasteiger partial charge in [0, 0.05) is 10.0 Å². The van der Waals surface area contributed by atoms with E-state index >= 15 is 0 Å². The average molecular weight is 391 g/mol. The highest BCUT2D eigenvalue weighted by Crippen LogP contribution is 2.31. The van der Waals surface area contributed by atoms with Crippen molar-refractivity contribution in [2.45, 2.75) is 19.4 Å². The second-order valence-electron chi connectivity index (χ2n) is 4.73. The maximum Gasteiger partial charge on any atom is 0.137 e. The summed E-state index contributed by atoms with van der Waals surface area (Å²) in [6, 6.07) is 10.3. The molecule has 112 valence electrons. The first-order chi connectivity index (χ1) is 10.0. The molecular formula is C16H15BrCl2FN. The molecule has 0 radical (unpaired) electrons. The Kier molecular flexibility index (Phi) is 6.06. The molecule has 1 atom stereocenters. The van der Waals surface area contributed by atoms with Gasteiger partial charge in [-0.25, -0.2) is 4.39 Å². The lowest BCUT2D eigenvalue weighted by molar-refractivity contribution is 0.583. The number of rotatable bonds is 5. The van der Waals surface area contributed by atoms with Crippen molar-refractivity contribution in [2.75, 3.05) is 6.54 Å². The van der Waals surface area contributed by atoms with E-state index in [2.05, 4.69) is 28.2 Å². The van der Waals surface area contributed by atoms with Crippen LogP contribution in [0.4, 0.5) is 4.39 Å². The van der Waals surface area contributed by atoms with E-state index in [0.29, 0.717) is 14.5 Å². The predicted octanol–water partition coefficient (Wildman–Crippen LogP) is 5.98. The van der Waals surface area contributed by atoms with Crippen LogP contribution in [0, 0.1) is 5.82 Å². The van der Waals surface area contributed by atoms with Crippen LogP contribution in [0.2, 0.25) is 10.0 Å². The van der Waals surface area contributed by atoms with Crippen molar-refractivity contribution in [3.05, 3.63) is 67.9 Å². The summed E-state index contributed by atoms with van der Waals surface area (Å²) >= 11 is 15.4. The van der Waals surface area contributed by atoms with Gasteiger partial charge in [-0.05, 0) is 64.3 Å². The van der Waals surface area contributed by atoms with Crippen molar-refractivity contribution in [2.24, 2.45) is 0 Å². The molecule has 0 spiro atoms. The predicted molar refractivity (Wildman–Crippen MR) is 90.7 cm³/mol. The third-order valence-corrected chi connectivity index (χ3v) is 4.35. The summed E-state index contributed by atoms with van der Waals surface area (Å²) in [6.45, 7) is 2.89. The monoisotopic (exact) mass is 389 g/mol. The molecule has 1 N–H and O–H groups in total. The standard InChI is InChI=1S/C16H15BrCl2FN/c1-2-7-21-16(10-3-6-13(17)15(20)8-10)12-5-4-11(18)9-14(12)19/h3-6,8-9,16,21H,2,7H2,1H3. The molecule has 0 aliphatic carbocycles. The molecule has 0 aliphatic rings. The first-order valence-corrected chi connectivity index (χ1v) is 8.21. The SMILES string of the molecule is CCCNC(c1ccc(Br)c(F)c1)c1ccc(Cl)cc1Cl. The maximum atomic E-state index is 13.8. The third kappa shape index (κ3) is 4.19. The Morgan fingerprint density at radius 3 is 2.57 bits per heavy atom. The molecule has 1 unspecified atom stereocenters. The fourth-order valence-corrected chi connectivity index (χ4v) is 2.89. The summed E-state index contributed by atoms with van der Waals surface area (Å²) in [5, 5.41) is 4.55. The lowest BCUT2D eigenvalue weighted by atomic mass is 9.98. The fourth-order valence-electron chi connectivity index (χ4n) is 2.12. The Balaban J connectivity index is 2.44. The van der Waals surface area contributed by atoms with E-state index in [-0.39, 0.29) is 11.9 Å². The molecule has 0 aliphatic heterocycles. The highest BCUT2D eigenvalue weighted by atomic mass is 79.9. The van der Waals surface area contributed by atoms with Gasteiger partial charge in [0.05, 0.1) is 10.5 Å². The van der Waals surface area contributed by atoms with E-state index in [1.165, 1.54) is 6.07 Å². The highest BCUT2D eigenvalue weighted by Gasteiger charge is 2.17. The summed E-state index contributed by atoms with van der Waals surface area (Å²) in [5.41, 5.74) is 1.71. The van der Waals surface area contributed by atoms with Crippen LogP contribution in [0.1, 0.15) is 30.5 Å². The zero-order valence-electron chi connectivity index (χ0n) is 11.5. The lowest BCUT2D eigenvalue weighted by Gasteiger charge is -2.21. The summed E-state index contributed by atoms with van der Waals surface area (Å²) in [6.07, 6.45) is 0.973. The second-order valence-corrected chi connectivity index (χ2v) is 6.42. The molecule has 0 fully saturated rings. The summed E-state index contributed by atoms with van der Waals surface area (Å²) < 4.78 is 14.3. The lowest BCUT2D eigenvalue weighted by Crippen LogP contribution is -2.23. The molecule has 2 aromatic rings. The fraction of sp³-hybridized carbons (Fsp3) is 0.250. The molecule has 21 heavy (non-hydrogen) atoms. The van der Waals surface area contributed by atoms with E-state index in [1.807, 2.05) is 12.1 Å². The Morgan fingerprint density at radius 2 is 1.95 bits per heavy atom. The molecule has 0 aromatic heterocycles. The topological polar surface area (TPSA) is 12.0 Å². The number of halogens is 4. The minimum absolute atomic E-state index is 0.169. The van der Waals surface area contributed by atoms with Gasteiger partial charge >= 0.3 is 0 Å². The highest BCUT2D eigenvalue weighted by molar-refractivity contribution is 9.10. The normalized spacial score (nSPS) is 12.4. The van der Waals surface area contributed by atoms with E-state index in [0.717, 1.165) is 24.1 Å². The van der Waals surface area contributed by atoms with Crippen LogP contribution < -0.4 is 5.32 Å². The van der Waals surface area contributed by atoms with E-state index in [4.69, 9.17) is 23.2 Å². The zero-order valence-corrected chi connectivity index (χ0v) is 14.6. The van der Waals surface area contributed by atoms with Gasteiger partial charge in [0.15, 0.2) is 0 Å². The van der Waals surface area contributed by atoms with Gasteiger partial charge in [-0.1, -0.05) is 42.3 Å². The maximum absolute atomic E-state index is 13.8. The summed E-state index contributed by atoms with van der Waals surface area (Å²) in [5.74, 6) is -0.291. The smallest absolute Gasteiger partial charge is 0.137 e. The van der Waals surface area contributed by atoms with Gasteiger partial charge in [-0.2, -0.15) is 0 Å². The van der Waals surface area contributed by atoms with Crippen LogP contribution in [0.5, 0.6) is 0 Å². The number of hydrogen-bond donors (Lipinski definition) is 1. The van der Waals surface area contributed by atoms with E-state index in [9.17, 15) is 4.39 Å². The molecule has 5 heteroatoms. The van der Waals surface area contributed by atoms with Gasteiger partial charge in [0.25, 0.3) is 0 Å². The van der Waals surface area contributed by atoms with Crippen LogP contribution in [0.15, 0.2) is 40.9 Å². The van der Waals surface area contributed by atoms with Crippen molar-refractivity contribution >= 4 is 39.1 Å². The molecule has 0 bridgehead atoms. The molecule has 0 heterocycles. The van der Waals surface area contributed by atoms with Crippen molar-refractivity contribution in [3.63, 3.8) is 0 Å². The zero-order chi connectivity index (χ0) is 15.4. The van der Waals surface area contributed by atoms with Crippen LogP contribution >= 0.6 is 39.1 Å². The molecular weight excluding hydrogens is 376 g/mol. The minimum atomic E-state index is -0.291. The Labute approximate surface area is 142 Å². The number of benzene rings is 2. The average Bonchev–Trinajstić information content (AvgIpc) is 2.44. The molecule has 0 saturated carbocycles. The molecule has 0 saturated heterocycles. The van der Waals surface area contributed by atoms with Gasteiger partial charge in [-0.3, -0.25) is 0 Å². The van der Waals surface area contributed by atoms with Gasteiger partial charge < -0.3 is 5.32 Å². The van der Waals surface area contributed by atoms with Crippen LogP contribution in [-0.4, -0.2) is 6.54 Å². The van der Waals surface area contributed by atoms with Crippen molar-refractivity contribution in [3.8, 4) is 0 Å². The first kappa shape index (κ1) is 16.8. The van der Waals surface area contributed by atoms with Gasteiger partial charge in [0.2, 0.25) is 0 Å². The van der Waals surface area contributed by atoms with E-state index < -0.39 is 0 Å². The number of hydrogen-bond acceptors (Lipinski definition) is 1. The minimum Gasteiger partial charge on any atom is -0.306 e. The number of nitrogens with one attached hydrogen (secondary N) is 1. The summed E-state index contributed by atoms with van der Waals surface area (Å²) in [4.78, 5) is 0. The van der Waals surface area contributed by atoms with Crippen LogP contribution in [0.3, 0.4) is 0 Å². The van der Waals surface area contributed by atoms with Crippen molar-refractivity contribution in [1.29, 1.82) is 0 Å². The van der Waals surface area contributed by atoms with Gasteiger partial charge in [-0.15, -0.1) is 0 Å². The van der Waals surface area contributed by atoms with Gasteiger partial charge in [0.1, 0.15) is 5.82 Å².